The third-order valence-electron chi connectivity index (χ3n) is 3.79. The van der Waals surface area contributed by atoms with Crippen LogP contribution >= 0.6 is 11.6 Å². The van der Waals surface area contributed by atoms with Gasteiger partial charge in [-0.1, -0.05) is 43.6 Å². The van der Waals surface area contributed by atoms with Gasteiger partial charge in [-0.05, 0) is 11.6 Å². The summed E-state index contributed by atoms with van der Waals surface area (Å²) < 4.78 is 28.7. The first kappa shape index (κ1) is 16.7. The molecule has 5 nitrogen and oxygen atoms in total. The molecule has 0 bridgehead atoms. The molecule has 1 N–H and O–H groups in total. The lowest BCUT2D eigenvalue weighted by Crippen LogP contribution is -2.53. The van der Waals surface area contributed by atoms with Crippen LogP contribution in [0.1, 0.15) is 25.5 Å². The molecule has 1 unspecified atom stereocenters. The SMILES string of the molecule is CCN(CC)S(=O)(=O)N1CCNCC1c1ccccc1Cl. The lowest BCUT2D eigenvalue weighted by molar-refractivity contribution is 0.249. The Kier molecular flexibility index (Phi) is 5.62. The van der Waals surface area contributed by atoms with Crippen molar-refractivity contribution in [1.29, 1.82) is 0 Å². The molecule has 1 aromatic carbocycles. The molecule has 0 amide bonds. The standard InChI is InChI=1S/C14H22ClN3O2S/c1-3-17(4-2)21(19,20)18-10-9-16-11-14(18)12-7-5-6-8-13(12)15/h5-8,14,16H,3-4,9-11H2,1-2H3. The average molecular weight is 332 g/mol. The number of piperazine rings is 1. The molecular weight excluding hydrogens is 310 g/mol. The first-order valence-corrected chi connectivity index (χ1v) is 9.01. The van der Waals surface area contributed by atoms with Gasteiger partial charge in [0.1, 0.15) is 0 Å². The van der Waals surface area contributed by atoms with Crippen molar-refractivity contribution in [2.45, 2.75) is 19.9 Å². The second kappa shape index (κ2) is 7.07. The zero-order valence-electron chi connectivity index (χ0n) is 12.4. The fourth-order valence-corrected chi connectivity index (χ4v) is 4.71. The second-order valence-electron chi connectivity index (χ2n) is 4.94. The van der Waals surface area contributed by atoms with Crippen LogP contribution in [0.4, 0.5) is 0 Å². The molecule has 1 heterocycles. The fraction of sp³-hybridized carbons (Fsp3) is 0.571. The quantitative estimate of drug-likeness (QED) is 0.896. The number of rotatable bonds is 5. The smallest absolute Gasteiger partial charge is 0.282 e. The van der Waals surface area contributed by atoms with Crippen LogP contribution in [-0.4, -0.2) is 49.8 Å². The van der Waals surface area contributed by atoms with Gasteiger partial charge in [-0.15, -0.1) is 0 Å². The van der Waals surface area contributed by atoms with E-state index in [0.29, 0.717) is 37.7 Å². The Balaban J connectivity index is 2.38. The van der Waals surface area contributed by atoms with E-state index in [0.717, 1.165) is 5.56 Å². The van der Waals surface area contributed by atoms with Gasteiger partial charge in [0, 0.05) is 37.7 Å². The number of hydrogen-bond donors (Lipinski definition) is 1. The van der Waals surface area contributed by atoms with Crippen molar-refractivity contribution in [2.24, 2.45) is 0 Å². The molecule has 1 atom stereocenters. The zero-order chi connectivity index (χ0) is 15.5. The molecule has 7 heteroatoms. The molecule has 1 fully saturated rings. The number of nitrogens with zero attached hydrogens (tertiary/aromatic N) is 2. The van der Waals surface area contributed by atoms with Crippen LogP contribution in [0.2, 0.25) is 5.02 Å². The molecule has 118 valence electrons. The second-order valence-corrected chi connectivity index (χ2v) is 7.23. The summed E-state index contributed by atoms with van der Waals surface area (Å²) >= 11 is 6.26. The highest BCUT2D eigenvalue weighted by Gasteiger charge is 2.36. The number of nitrogens with one attached hydrogen (secondary N) is 1. The highest BCUT2D eigenvalue weighted by molar-refractivity contribution is 7.86. The molecule has 21 heavy (non-hydrogen) atoms. The number of hydrogen-bond acceptors (Lipinski definition) is 3. The molecule has 0 aliphatic carbocycles. The van der Waals surface area contributed by atoms with Crippen LogP contribution in [0, 0.1) is 0 Å². The molecular formula is C14H22ClN3O2S. The minimum Gasteiger partial charge on any atom is -0.313 e. The summed E-state index contributed by atoms with van der Waals surface area (Å²) in [6, 6.07) is 7.17. The van der Waals surface area contributed by atoms with Crippen LogP contribution < -0.4 is 5.32 Å². The topological polar surface area (TPSA) is 52.7 Å². The summed E-state index contributed by atoms with van der Waals surface area (Å²) in [5.41, 5.74) is 0.849. The Labute approximate surface area is 132 Å². The van der Waals surface area contributed by atoms with Crippen LogP contribution in [-0.2, 0) is 10.2 Å². The third kappa shape index (κ3) is 3.40. The summed E-state index contributed by atoms with van der Waals surface area (Å²) in [4.78, 5) is 0. The van der Waals surface area contributed by atoms with E-state index in [9.17, 15) is 8.42 Å². The number of benzene rings is 1. The Morgan fingerprint density at radius 2 is 2.00 bits per heavy atom. The summed E-state index contributed by atoms with van der Waals surface area (Å²) in [6.07, 6.45) is 0. The fourth-order valence-electron chi connectivity index (χ4n) is 2.67. The van der Waals surface area contributed by atoms with Crippen molar-refractivity contribution in [3.8, 4) is 0 Å². The molecule has 0 spiro atoms. The van der Waals surface area contributed by atoms with Crippen molar-refractivity contribution in [2.75, 3.05) is 32.7 Å². The van der Waals surface area contributed by atoms with Gasteiger partial charge in [-0.25, -0.2) is 0 Å². The predicted octanol–water partition coefficient (Wildman–Crippen LogP) is 1.87. The predicted molar refractivity (Wildman–Crippen MR) is 85.6 cm³/mol. The average Bonchev–Trinajstić information content (AvgIpc) is 2.49. The molecule has 0 radical (unpaired) electrons. The minimum absolute atomic E-state index is 0.266. The molecule has 0 aromatic heterocycles. The summed E-state index contributed by atoms with van der Waals surface area (Å²) in [6.45, 7) is 6.33. The Morgan fingerprint density at radius 1 is 1.33 bits per heavy atom. The van der Waals surface area contributed by atoms with Crippen molar-refractivity contribution < 1.29 is 8.42 Å². The van der Waals surface area contributed by atoms with E-state index in [1.165, 1.54) is 4.31 Å². The minimum atomic E-state index is -3.47. The monoisotopic (exact) mass is 331 g/mol. The maximum atomic E-state index is 12.8. The van der Waals surface area contributed by atoms with Crippen molar-refractivity contribution >= 4 is 21.8 Å². The van der Waals surface area contributed by atoms with E-state index in [4.69, 9.17) is 11.6 Å². The maximum absolute atomic E-state index is 12.8. The Hall–Kier alpha value is -0.660. The van der Waals surface area contributed by atoms with E-state index < -0.39 is 10.2 Å². The first-order valence-electron chi connectivity index (χ1n) is 7.24. The van der Waals surface area contributed by atoms with Crippen LogP contribution in [0.3, 0.4) is 0 Å². The van der Waals surface area contributed by atoms with Gasteiger partial charge in [0.25, 0.3) is 10.2 Å². The molecule has 1 aromatic rings. The van der Waals surface area contributed by atoms with Crippen molar-refractivity contribution in [1.82, 2.24) is 13.9 Å². The Bertz CT molecular complexity index is 575. The lowest BCUT2D eigenvalue weighted by Gasteiger charge is -2.38. The summed E-state index contributed by atoms with van der Waals surface area (Å²) in [5, 5.41) is 3.86. The third-order valence-corrected chi connectivity index (χ3v) is 6.33. The molecule has 2 rings (SSSR count). The van der Waals surface area contributed by atoms with E-state index in [-0.39, 0.29) is 6.04 Å². The summed E-state index contributed by atoms with van der Waals surface area (Å²) in [7, 11) is -3.47. The van der Waals surface area contributed by atoms with Crippen LogP contribution in [0.25, 0.3) is 0 Å². The maximum Gasteiger partial charge on any atom is 0.282 e. The molecule has 0 saturated carbocycles. The van der Waals surface area contributed by atoms with Gasteiger partial charge >= 0.3 is 0 Å². The van der Waals surface area contributed by atoms with Crippen LogP contribution in [0.5, 0.6) is 0 Å². The van der Waals surface area contributed by atoms with Gasteiger partial charge < -0.3 is 5.32 Å². The van der Waals surface area contributed by atoms with E-state index >= 15 is 0 Å². The first-order chi connectivity index (χ1) is 10.0. The van der Waals surface area contributed by atoms with Crippen LogP contribution in [0.15, 0.2) is 24.3 Å². The molecule has 1 aliphatic rings. The van der Waals surface area contributed by atoms with E-state index in [1.807, 2.05) is 32.0 Å². The number of halogens is 1. The van der Waals surface area contributed by atoms with E-state index in [1.54, 1.807) is 10.4 Å². The van der Waals surface area contributed by atoms with Gasteiger partial charge in [0.05, 0.1) is 6.04 Å². The summed E-state index contributed by atoms with van der Waals surface area (Å²) in [5.74, 6) is 0. The van der Waals surface area contributed by atoms with Crippen molar-refractivity contribution in [3.05, 3.63) is 34.9 Å². The Morgan fingerprint density at radius 3 is 2.62 bits per heavy atom. The largest absolute Gasteiger partial charge is 0.313 e. The van der Waals surface area contributed by atoms with Gasteiger partial charge in [0.15, 0.2) is 0 Å². The highest BCUT2D eigenvalue weighted by atomic mass is 35.5. The van der Waals surface area contributed by atoms with Gasteiger partial charge in [0.2, 0.25) is 0 Å². The normalized spacial score (nSPS) is 20.9. The molecule has 1 aliphatic heterocycles. The molecule has 1 saturated heterocycles. The van der Waals surface area contributed by atoms with Crippen molar-refractivity contribution in [3.63, 3.8) is 0 Å². The lowest BCUT2D eigenvalue weighted by atomic mass is 10.1. The van der Waals surface area contributed by atoms with E-state index in [2.05, 4.69) is 5.32 Å². The zero-order valence-corrected chi connectivity index (χ0v) is 14.0. The van der Waals surface area contributed by atoms with Gasteiger partial charge in [-0.2, -0.15) is 17.0 Å². The van der Waals surface area contributed by atoms with Gasteiger partial charge in [-0.3, -0.25) is 0 Å². The highest BCUT2D eigenvalue weighted by Crippen LogP contribution is 2.31.